The fraction of sp³-hybridized carbons (Fsp3) is 0.700. The zero-order valence-corrected chi connectivity index (χ0v) is 16.4. The average Bonchev–Trinajstić information content (AvgIpc) is 3.41. The first-order valence-corrected chi connectivity index (χ1v) is 10.2. The number of nitrogens with zero attached hydrogens (tertiary/aromatic N) is 5. The van der Waals surface area contributed by atoms with E-state index < -0.39 is 11.3 Å². The number of rotatable bonds is 3. The van der Waals surface area contributed by atoms with Gasteiger partial charge in [0.2, 0.25) is 5.95 Å². The summed E-state index contributed by atoms with van der Waals surface area (Å²) in [5, 5.41) is 4.12. The minimum atomic E-state index is -1.17. The first-order valence-electron chi connectivity index (χ1n) is 10.2. The Balaban J connectivity index is 1.24. The van der Waals surface area contributed by atoms with E-state index in [9.17, 15) is 9.18 Å². The minimum absolute atomic E-state index is 0.148. The number of oxime groups is 1. The molecule has 1 atom stereocenters. The number of alkyl halides is 1. The van der Waals surface area contributed by atoms with E-state index in [1.807, 2.05) is 19.9 Å². The number of halogens is 1. The van der Waals surface area contributed by atoms with Crippen LogP contribution in [-0.4, -0.2) is 63.9 Å². The number of likely N-dealkylation sites (tertiary alicyclic amines) is 1. The molecule has 1 saturated carbocycles. The van der Waals surface area contributed by atoms with E-state index in [1.54, 1.807) is 4.90 Å². The van der Waals surface area contributed by atoms with Gasteiger partial charge in [0.05, 0.1) is 19.6 Å². The maximum Gasteiger partial charge on any atom is 0.272 e. The van der Waals surface area contributed by atoms with Gasteiger partial charge in [-0.15, -0.1) is 0 Å². The number of amides is 1. The van der Waals surface area contributed by atoms with Crippen molar-refractivity contribution in [2.75, 3.05) is 31.1 Å². The highest BCUT2D eigenvalue weighted by atomic mass is 19.1. The molecule has 0 radical (unpaired) electrons. The van der Waals surface area contributed by atoms with Gasteiger partial charge >= 0.3 is 0 Å². The number of piperidine rings is 1. The summed E-state index contributed by atoms with van der Waals surface area (Å²) in [6.45, 7) is 5.78. The number of aromatic nitrogens is 2. The lowest BCUT2D eigenvalue weighted by molar-refractivity contribution is -0.139. The molecule has 1 aromatic rings. The van der Waals surface area contributed by atoms with E-state index in [0.29, 0.717) is 24.6 Å². The lowest BCUT2D eigenvalue weighted by Crippen LogP contribution is -2.63. The molecule has 1 unspecified atom stereocenters. The van der Waals surface area contributed by atoms with Crippen molar-refractivity contribution in [3.63, 3.8) is 0 Å². The van der Waals surface area contributed by atoms with Gasteiger partial charge in [-0.1, -0.05) is 5.16 Å². The molecule has 1 amide bonds. The number of anilines is 1. The van der Waals surface area contributed by atoms with Crippen molar-refractivity contribution >= 4 is 17.6 Å². The molecular formula is C20H26FN5O2. The number of carbonyl (C=O) groups is 1. The third-order valence-corrected chi connectivity index (χ3v) is 6.38. The van der Waals surface area contributed by atoms with E-state index in [2.05, 4.69) is 20.0 Å². The van der Waals surface area contributed by atoms with E-state index >= 15 is 0 Å². The van der Waals surface area contributed by atoms with Gasteiger partial charge in [0.1, 0.15) is 11.4 Å². The van der Waals surface area contributed by atoms with Gasteiger partial charge in [0.15, 0.2) is 5.60 Å². The second kappa shape index (κ2) is 6.12. The Morgan fingerprint density at radius 2 is 1.93 bits per heavy atom. The summed E-state index contributed by atoms with van der Waals surface area (Å²) in [5.74, 6) is 0.675. The first kappa shape index (κ1) is 17.8. The molecule has 7 nitrogen and oxygen atoms in total. The summed E-state index contributed by atoms with van der Waals surface area (Å²) >= 11 is 0. The topological polar surface area (TPSA) is 70.9 Å². The normalized spacial score (nSPS) is 28.8. The van der Waals surface area contributed by atoms with Crippen molar-refractivity contribution in [3.05, 3.63) is 17.5 Å². The molecule has 3 fully saturated rings. The van der Waals surface area contributed by atoms with Crippen LogP contribution in [0.3, 0.4) is 0 Å². The van der Waals surface area contributed by atoms with Crippen molar-refractivity contribution in [1.29, 1.82) is 0 Å². The highest BCUT2D eigenvalue weighted by Gasteiger charge is 2.56. The summed E-state index contributed by atoms with van der Waals surface area (Å²) in [6.07, 6.45) is 4.12. The molecule has 3 aliphatic heterocycles. The number of hydrogen-bond acceptors (Lipinski definition) is 6. The van der Waals surface area contributed by atoms with Crippen molar-refractivity contribution in [3.8, 4) is 0 Å². The van der Waals surface area contributed by atoms with Crippen LogP contribution in [0.1, 0.15) is 43.5 Å². The molecule has 1 aromatic heterocycles. The smallest absolute Gasteiger partial charge is 0.272 e. The van der Waals surface area contributed by atoms with Crippen LogP contribution in [0.15, 0.2) is 11.2 Å². The van der Waals surface area contributed by atoms with Crippen molar-refractivity contribution in [1.82, 2.24) is 14.9 Å². The van der Waals surface area contributed by atoms with E-state index in [1.165, 1.54) is 0 Å². The largest absolute Gasteiger partial charge is 0.386 e. The van der Waals surface area contributed by atoms with Gasteiger partial charge in [-0.05, 0) is 51.5 Å². The van der Waals surface area contributed by atoms with Crippen LogP contribution in [0.2, 0.25) is 0 Å². The molecule has 8 heteroatoms. The number of aryl methyl sites for hydroxylation is 2. The third kappa shape index (κ3) is 3.02. The summed E-state index contributed by atoms with van der Waals surface area (Å²) in [7, 11) is 0. The van der Waals surface area contributed by atoms with Crippen LogP contribution in [0.5, 0.6) is 0 Å². The highest BCUT2D eigenvalue weighted by molar-refractivity contribution is 6.39. The lowest BCUT2D eigenvalue weighted by Gasteiger charge is -2.44. The van der Waals surface area contributed by atoms with Crippen LogP contribution in [0, 0.1) is 19.8 Å². The Morgan fingerprint density at radius 3 is 2.61 bits per heavy atom. The van der Waals surface area contributed by atoms with E-state index in [0.717, 1.165) is 43.6 Å². The fourth-order valence-corrected chi connectivity index (χ4v) is 4.75. The molecule has 5 rings (SSSR count). The van der Waals surface area contributed by atoms with Gasteiger partial charge in [-0.25, -0.2) is 14.4 Å². The molecule has 0 aromatic carbocycles. The van der Waals surface area contributed by atoms with Gasteiger partial charge in [0.25, 0.3) is 5.91 Å². The van der Waals surface area contributed by atoms with Crippen molar-refractivity contribution < 1.29 is 14.0 Å². The van der Waals surface area contributed by atoms with Crippen molar-refractivity contribution in [2.45, 2.75) is 57.2 Å². The van der Waals surface area contributed by atoms with Crippen LogP contribution < -0.4 is 4.90 Å². The van der Waals surface area contributed by atoms with E-state index in [4.69, 9.17) is 4.84 Å². The summed E-state index contributed by atoms with van der Waals surface area (Å²) in [6, 6.07) is 1.95. The van der Waals surface area contributed by atoms with Gasteiger partial charge < -0.3 is 14.6 Å². The second-order valence-electron chi connectivity index (χ2n) is 8.93. The van der Waals surface area contributed by atoms with Crippen LogP contribution in [-0.2, 0) is 9.63 Å². The van der Waals surface area contributed by atoms with Crippen LogP contribution in [0.25, 0.3) is 0 Å². The molecule has 4 aliphatic rings. The van der Waals surface area contributed by atoms with Gasteiger partial charge in [0, 0.05) is 24.4 Å². The predicted octanol–water partition coefficient (Wildman–Crippen LogP) is 2.17. The second-order valence-corrected chi connectivity index (χ2v) is 8.93. The minimum Gasteiger partial charge on any atom is -0.386 e. The Bertz CT molecular complexity index is 829. The first-order chi connectivity index (χ1) is 13.4. The Kier molecular flexibility index (Phi) is 3.90. The molecule has 2 saturated heterocycles. The number of carbonyl (C=O) groups excluding carboxylic acids is 1. The quantitative estimate of drug-likeness (QED) is 0.795. The Hall–Kier alpha value is -2.25. The summed E-state index contributed by atoms with van der Waals surface area (Å²) < 4.78 is 14.6. The van der Waals surface area contributed by atoms with Crippen molar-refractivity contribution in [2.24, 2.45) is 11.1 Å². The molecule has 1 spiro atoms. The number of hydrogen-bond donors (Lipinski definition) is 0. The zero-order valence-electron chi connectivity index (χ0n) is 16.4. The van der Waals surface area contributed by atoms with E-state index in [-0.39, 0.29) is 24.9 Å². The lowest BCUT2D eigenvalue weighted by atomic mass is 9.86. The molecule has 0 bridgehead atoms. The Morgan fingerprint density at radius 1 is 1.21 bits per heavy atom. The van der Waals surface area contributed by atoms with Crippen LogP contribution >= 0.6 is 0 Å². The Labute approximate surface area is 163 Å². The van der Waals surface area contributed by atoms with Gasteiger partial charge in [-0.3, -0.25) is 4.79 Å². The molecule has 150 valence electrons. The fourth-order valence-electron chi connectivity index (χ4n) is 4.75. The van der Waals surface area contributed by atoms with Crippen LogP contribution in [0.4, 0.5) is 10.3 Å². The summed E-state index contributed by atoms with van der Waals surface area (Å²) in [4.78, 5) is 31.4. The molecule has 1 aliphatic carbocycles. The predicted molar refractivity (Wildman–Crippen MR) is 102 cm³/mol. The SMILES string of the molecule is Cc1cc(C)nc(N2CCCC3(CC(C(=O)N4CC(F)(C5CC5)C4)=NO3)C2)n1. The maximum absolute atomic E-state index is 14.6. The molecule has 4 heterocycles. The third-order valence-electron chi connectivity index (χ3n) is 6.38. The maximum atomic E-state index is 14.6. The monoisotopic (exact) mass is 387 g/mol. The highest BCUT2D eigenvalue weighted by Crippen LogP contribution is 2.47. The molecular weight excluding hydrogens is 361 g/mol. The average molecular weight is 387 g/mol. The summed E-state index contributed by atoms with van der Waals surface area (Å²) in [5.41, 5.74) is 0.601. The molecule has 0 N–H and O–H groups in total. The van der Waals surface area contributed by atoms with Gasteiger partial charge in [-0.2, -0.15) is 0 Å². The standard InChI is InChI=1S/C20H26FN5O2/c1-13-8-14(2)23-18(22-13)25-7-3-6-19(10-25)9-16(24-28-19)17(27)26-11-20(21,12-26)15-4-5-15/h8,15H,3-7,9-12H2,1-2H3. The molecule has 28 heavy (non-hydrogen) atoms. The zero-order chi connectivity index (χ0) is 19.5.